The first-order valence-corrected chi connectivity index (χ1v) is 8.23. The van der Waals surface area contributed by atoms with Crippen LogP contribution in [-0.4, -0.2) is 22.6 Å². The largest absolute Gasteiger partial charge is 0.485 e. The van der Waals surface area contributed by atoms with Crippen LogP contribution in [0.2, 0.25) is 0 Å². The molecule has 0 atom stereocenters. The highest BCUT2D eigenvalue weighted by molar-refractivity contribution is 6.09. The van der Waals surface area contributed by atoms with Crippen molar-refractivity contribution in [3.8, 4) is 5.75 Å². The van der Waals surface area contributed by atoms with Crippen molar-refractivity contribution in [3.63, 3.8) is 0 Å². The third-order valence-corrected chi connectivity index (χ3v) is 4.23. The van der Waals surface area contributed by atoms with Gasteiger partial charge in [0.25, 0.3) is 5.91 Å². The van der Waals surface area contributed by atoms with Crippen molar-refractivity contribution >= 4 is 11.6 Å². The second-order valence-corrected chi connectivity index (χ2v) is 5.99. The van der Waals surface area contributed by atoms with Gasteiger partial charge in [-0.05, 0) is 36.2 Å². The maximum atomic E-state index is 13.6. The topological polar surface area (TPSA) is 68.5 Å². The number of fused-ring (bicyclic) bond motifs is 1. The molecule has 0 saturated heterocycles. The number of rotatable bonds is 4. The summed E-state index contributed by atoms with van der Waals surface area (Å²) in [7, 11) is 0. The van der Waals surface area contributed by atoms with E-state index < -0.39 is 0 Å². The molecule has 1 amide bonds. The van der Waals surface area contributed by atoms with Gasteiger partial charge < -0.3 is 14.2 Å². The molecule has 7 heteroatoms. The minimum Gasteiger partial charge on any atom is -0.485 e. The van der Waals surface area contributed by atoms with E-state index in [0.29, 0.717) is 41.7 Å². The molecule has 132 valence electrons. The van der Waals surface area contributed by atoms with Gasteiger partial charge in [-0.15, -0.1) is 0 Å². The van der Waals surface area contributed by atoms with Gasteiger partial charge in [0.05, 0.1) is 11.3 Å². The summed E-state index contributed by atoms with van der Waals surface area (Å²) in [6, 6.07) is 11.5. The molecule has 26 heavy (non-hydrogen) atoms. The number of benzene rings is 2. The average Bonchev–Trinajstić information content (AvgIpc) is 3.25. The third kappa shape index (κ3) is 3.03. The molecule has 0 fully saturated rings. The smallest absolute Gasteiger partial charge is 0.262 e. The highest BCUT2D eigenvalue weighted by atomic mass is 19.1. The SMILES string of the molecule is Cc1nc(COc2ccccc2C(=O)N2CCc3ccc(F)cc32)no1. The van der Waals surface area contributed by atoms with Crippen molar-refractivity contribution in [2.75, 3.05) is 11.4 Å². The van der Waals surface area contributed by atoms with Crippen LogP contribution in [0.15, 0.2) is 47.0 Å². The lowest BCUT2D eigenvalue weighted by Gasteiger charge is -2.19. The number of ether oxygens (including phenoxy) is 1. The number of aryl methyl sites for hydroxylation is 1. The molecular formula is C19H16FN3O3. The number of anilines is 1. The van der Waals surface area contributed by atoms with Gasteiger partial charge in [-0.25, -0.2) is 4.39 Å². The van der Waals surface area contributed by atoms with E-state index >= 15 is 0 Å². The fraction of sp³-hybridized carbons (Fsp3) is 0.211. The molecule has 0 unspecified atom stereocenters. The van der Waals surface area contributed by atoms with Crippen LogP contribution >= 0.6 is 0 Å². The molecule has 0 saturated carbocycles. The maximum absolute atomic E-state index is 13.6. The van der Waals surface area contributed by atoms with Crippen LogP contribution in [0.4, 0.5) is 10.1 Å². The average molecular weight is 353 g/mol. The highest BCUT2D eigenvalue weighted by Gasteiger charge is 2.27. The number of carbonyl (C=O) groups is 1. The molecule has 0 N–H and O–H groups in total. The molecule has 0 spiro atoms. The number of hydrogen-bond donors (Lipinski definition) is 0. The van der Waals surface area contributed by atoms with Crippen LogP contribution in [0.5, 0.6) is 5.75 Å². The van der Waals surface area contributed by atoms with Crippen LogP contribution < -0.4 is 9.64 Å². The van der Waals surface area contributed by atoms with E-state index in [0.717, 1.165) is 5.56 Å². The van der Waals surface area contributed by atoms with Gasteiger partial charge in [0.2, 0.25) is 11.7 Å². The molecule has 0 aliphatic carbocycles. The standard InChI is InChI=1S/C19H16FN3O3/c1-12-21-18(22-26-12)11-25-17-5-3-2-4-15(17)19(24)23-9-8-13-6-7-14(20)10-16(13)23/h2-7,10H,8-9,11H2,1H3. The van der Waals surface area contributed by atoms with Gasteiger partial charge in [0.15, 0.2) is 6.61 Å². The molecule has 1 aliphatic rings. The first-order chi connectivity index (χ1) is 12.6. The second-order valence-electron chi connectivity index (χ2n) is 5.99. The number of nitrogens with zero attached hydrogens (tertiary/aromatic N) is 3. The van der Waals surface area contributed by atoms with Gasteiger partial charge in [0, 0.05) is 13.5 Å². The van der Waals surface area contributed by atoms with Crippen molar-refractivity contribution in [1.82, 2.24) is 10.1 Å². The van der Waals surface area contributed by atoms with E-state index in [2.05, 4.69) is 10.1 Å². The number of amides is 1. The molecule has 4 rings (SSSR count). The number of hydrogen-bond acceptors (Lipinski definition) is 5. The second kappa shape index (κ2) is 6.59. The molecule has 2 heterocycles. The van der Waals surface area contributed by atoms with E-state index in [4.69, 9.17) is 9.26 Å². The van der Waals surface area contributed by atoms with Crippen LogP contribution in [0.1, 0.15) is 27.6 Å². The summed E-state index contributed by atoms with van der Waals surface area (Å²) in [5.74, 6) is 0.682. The lowest BCUT2D eigenvalue weighted by molar-refractivity contribution is 0.0984. The quantitative estimate of drug-likeness (QED) is 0.720. The minimum atomic E-state index is -0.361. The molecule has 2 aromatic carbocycles. The van der Waals surface area contributed by atoms with Crippen molar-refractivity contribution in [3.05, 3.63) is 71.1 Å². The molecule has 1 aliphatic heterocycles. The van der Waals surface area contributed by atoms with Crippen molar-refractivity contribution < 1.29 is 18.4 Å². The van der Waals surface area contributed by atoms with Crippen molar-refractivity contribution in [1.29, 1.82) is 0 Å². The summed E-state index contributed by atoms with van der Waals surface area (Å²) in [5, 5.41) is 3.77. The predicted octanol–water partition coefficient (Wildman–Crippen LogP) is 3.30. The Hall–Kier alpha value is -3.22. The van der Waals surface area contributed by atoms with Crippen LogP contribution in [0.25, 0.3) is 0 Å². The Morgan fingerprint density at radius 2 is 2.15 bits per heavy atom. The van der Waals surface area contributed by atoms with Gasteiger partial charge in [-0.1, -0.05) is 23.4 Å². The zero-order valence-electron chi connectivity index (χ0n) is 14.1. The molecule has 0 bridgehead atoms. The minimum absolute atomic E-state index is 0.0901. The lowest BCUT2D eigenvalue weighted by atomic mass is 10.1. The Morgan fingerprint density at radius 3 is 2.96 bits per heavy atom. The molecule has 6 nitrogen and oxygen atoms in total. The summed E-state index contributed by atoms with van der Waals surface area (Å²) in [4.78, 5) is 18.7. The Bertz CT molecular complexity index is 970. The van der Waals surface area contributed by atoms with Crippen LogP contribution in [-0.2, 0) is 13.0 Å². The third-order valence-electron chi connectivity index (χ3n) is 4.23. The van der Waals surface area contributed by atoms with Crippen LogP contribution in [0, 0.1) is 12.7 Å². The Labute approximate surface area is 149 Å². The molecule has 3 aromatic rings. The molecule has 0 radical (unpaired) electrons. The Balaban J connectivity index is 1.59. The molecule has 1 aromatic heterocycles. The fourth-order valence-corrected chi connectivity index (χ4v) is 3.02. The first-order valence-electron chi connectivity index (χ1n) is 8.23. The van der Waals surface area contributed by atoms with E-state index in [-0.39, 0.29) is 18.3 Å². The maximum Gasteiger partial charge on any atom is 0.262 e. The molecular weight excluding hydrogens is 337 g/mol. The zero-order valence-corrected chi connectivity index (χ0v) is 14.1. The summed E-state index contributed by atoms with van der Waals surface area (Å²) >= 11 is 0. The monoisotopic (exact) mass is 353 g/mol. The van der Waals surface area contributed by atoms with E-state index in [1.54, 1.807) is 42.2 Å². The summed E-state index contributed by atoms with van der Waals surface area (Å²) < 4.78 is 24.2. The normalized spacial score (nSPS) is 12.9. The summed E-state index contributed by atoms with van der Waals surface area (Å²) in [5.41, 5.74) is 1.98. The lowest BCUT2D eigenvalue weighted by Crippen LogP contribution is -2.29. The van der Waals surface area contributed by atoms with Gasteiger partial charge in [-0.3, -0.25) is 4.79 Å². The first kappa shape index (κ1) is 16.3. The Morgan fingerprint density at radius 1 is 1.31 bits per heavy atom. The van der Waals surface area contributed by atoms with Crippen LogP contribution in [0.3, 0.4) is 0 Å². The van der Waals surface area contributed by atoms with E-state index in [1.807, 2.05) is 0 Å². The van der Waals surface area contributed by atoms with Crippen molar-refractivity contribution in [2.45, 2.75) is 20.0 Å². The highest BCUT2D eigenvalue weighted by Crippen LogP contribution is 2.31. The summed E-state index contributed by atoms with van der Waals surface area (Å²) in [6.07, 6.45) is 0.701. The fourth-order valence-electron chi connectivity index (χ4n) is 3.02. The van der Waals surface area contributed by atoms with Gasteiger partial charge in [0.1, 0.15) is 11.6 Å². The zero-order chi connectivity index (χ0) is 18.1. The predicted molar refractivity (Wildman–Crippen MR) is 91.6 cm³/mol. The number of carbonyl (C=O) groups excluding carboxylic acids is 1. The number of halogens is 1. The van der Waals surface area contributed by atoms with E-state index in [9.17, 15) is 9.18 Å². The summed E-state index contributed by atoms with van der Waals surface area (Å²) in [6.45, 7) is 2.29. The number of para-hydroxylation sites is 1. The Kier molecular flexibility index (Phi) is 4.12. The van der Waals surface area contributed by atoms with Crippen molar-refractivity contribution in [2.24, 2.45) is 0 Å². The van der Waals surface area contributed by atoms with Gasteiger partial charge >= 0.3 is 0 Å². The number of aromatic nitrogens is 2. The van der Waals surface area contributed by atoms with E-state index in [1.165, 1.54) is 12.1 Å². The van der Waals surface area contributed by atoms with Gasteiger partial charge in [-0.2, -0.15) is 4.98 Å².